The zero-order chi connectivity index (χ0) is 12.7. The molecular weight excluding hydrogens is 208 g/mol. The maximum absolute atomic E-state index is 9.42. The van der Waals surface area contributed by atoms with Crippen molar-refractivity contribution in [3.05, 3.63) is 12.2 Å². The summed E-state index contributed by atoms with van der Waals surface area (Å²) in [5, 5.41) is 9.42. The van der Waals surface area contributed by atoms with E-state index in [1.807, 2.05) is 0 Å². The Bertz CT molecular complexity index is 309. The summed E-state index contributed by atoms with van der Waals surface area (Å²) in [6.45, 7) is 11.9. The molecule has 0 saturated heterocycles. The number of aliphatic hydroxyl groups excluding tert-OH is 1. The highest BCUT2D eigenvalue weighted by atomic mass is 16.3. The third kappa shape index (κ3) is 1.87. The van der Waals surface area contributed by atoms with Gasteiger partial charge in [0.05, 0.1) is 0 Å². The fourth-order valence-electron chi connectivity index (χ4n) is 4.63. The van der Waals surface area contributed by atoms with Crippen LogP contribution in [0, 0.1) is 22.7 Å². The standard InChI is InChI=1S/C16H28O/c1-12-6-5-7-14-15(12,3)9-8-13(2)16(14,4)10-11-17/h13-14,17H,1,5-11H2,2-4H3/t13-,14-,15-,16-/m0/s1. The van der Waals surface area contributed by atoms with Crippen LogP contribution in [0.15, 0.2) is 12.2 Å². The molecule has 17 heavy (non-hydrogen) atoms. The molecule has 0 unspecified atom stereocenters. The van der Waals surface area contributed by atoms with Crippen LogP contribution in [0.5, 0.6) is 0 Å². The van der Waals surface area contributed by atoms with Crippen molar-refractivity contribution in [1.82, 2.24) is 0 Å². The maximum Gasteiger partial charge on any atom is 0.0436 e. The van der Waals surface area contributed by atoms with Gasteiger partial charge in [0.2, 0.25) is 0 Å². The smallest absolute Gasteiger partial charge is 0.0436 e. The van der Waals surface area contributed by atoms with E-state index in [9.17, 15) is 5.11 Å². The normalized spacial score (nSPS) is 46.7. The van der Waals surface area contributed by atoms with Gasteiger partial charge in [-0.2, -0.15) is 0 Å². The van der Waals surface area contributed by atoms with Crippen molar-refractivity contribution in [3.63, 3.8) is 0 Å². The molecule has 2 aliphatic rings. The van der Waals surface area contributed by atoms with Gasteiger partial charge < -0.3 is 5.11 Å². The van der Waals surface area contributed by atoms with Gasteiger partial charge in [-0.25, -0.2) is 0 Å². The monoisotopic (exact) mass is 236 g/mol. The van der Waals surface area contributed by atoms with Crippen LogP contribution in [0.4, 0.5) is 0 Å². The van der Waals surface area contributed by atoms with Crippen LogP contribution in [0.25, 0.3) is 0 Å². The summed E-state index contributed by atoms with van der Waals surface area (Å²) < 4.78 is 0. The molecule has 0 aromatic carbocycles. The first-order valence-corrected chi connectivity index (χ1v) is 7.24. The molecule has 1 nitrogen and oxygen atoms in total. The van der Waals surface area contributed by atoms with Gasteiger partial charge in [0.15, 0.2) is 0 Å². The zero-order valence-electron chi connectivity index (χ0n) is 11.8. The molecule has 0 spiro atoms. The second-order valence-electron chi connectivity index (χ2n) is 6.88. The SMILES string of the molecule is C=C1CCC[C@@H]2[C@@](C)(CCO)[C@@H](C)CC[C@@]12C. The number of rotatable bonds is 2. The summed E-state index contributed by atoms with van der Waals surface area (Å²) in [4.78, 5) is 0. The summed E-state index contributed by atoms with van der Waals surface area (Å²) in [7, 11) is 0. The van der Waals surface area contributed by atoms with Gasteiger partial charge in [-0.1, -0.05) is 32.9 Å². The lowest BCUT2D eigenvalue weighted by atomic mass is 9.46. The number of aliphatic hydroxyl groups is 1. The molecule has 0 aliphatic heterocycles. The third-order valence-corrected chi connectivity index (χ3v) is 6.22. The third-order valence-electron chi connectivity index (χ3n) is 6.22. The Labute approximate surface area is 106 Å². The minimum Gasteiger partial charge on any atom is -0.396 e. The average Bonchev–Trinajstić information content (AvgIpc) is 2.28. The fraction of sp³-hybridized carbons (Fsp3) is 0.875. The molecular formula is C16H28O. The second-order valence-corrected chi connectivity index (χ2v) is 6.88. The molecule has 2 aliphatic carbocycles. The Morgan fingerprint density at radius 2 is 2.06 bits per heavy atom. The number of hydrogen-bond donors (Lipinski definition) is 1. The van der Waals surface area contributed by atoms with E-state index in [1.165, 1.54) is 37.7 Å². The number of hydrogen-bond acceptors (Lipinski definition) is 1. The molecule has 2 fully saturated rings. The highest BCUT2D eigenvalue weighted by Gasteiger charge is 2.53. The van der Waals surface area contributed by atoms with Crippen LogP contribution in [0.1, 0.15) is 59.3 Å². The molecule has 2 rings (SSSR count). The summed E-state index contributed by atoms with van der Waals surface area (Å²) in [6.07, 6.45) is 7.41. The lowest BCUT2D eigenvalue weighted by Gasteiger charge is -2.58. The topological polar surface area (TPSA) is 20.2 Å². The van der Waals surface area contributed by atoms with Crippen molar-refractivity contribution < 1.29 is 5.11 Å². The Balaban J connectivity index is 2.34. The van der Waals surface area contributed by atoms with Crippen LogP contribution < -0.4 is 0 Å². The van der Waals surface area contributed by atoms with Crippen LogP contribution in [-0.2, 0) is 0 Å². The molecule has 0 bridgehead atoms. The molecule has 98 valence electrons. The predicted molar refractivity (Wildman–Crippen MR) is 72.8 cm³/mol. The molecule has 2 saturated carbocycles. The van der Waals surface area contributed by atoms with Crippen LogP contribution in [0.3, 0.4) is 0 Å². The average molecular weight is 236 g/mol. The minimum atomic E-state index is 0.311. The Morgan fingerprint density at radius 1 is 1.35 bits per heavy atom. The van der Waals surface area contributed by atoms with E-state index in [2.05, 4.69) is 27.4 Å². The van der Waals surface area contributed by atoms with Gasteiger partial charge in [-0.05, 0) is 61.2 Å². The second kappa shape index (κ2) is 4.42. The van der Waals surface area contributed by atoms with Crippen LogP contribution in [-0.4, -0.2) is 11.7 Å². The van der Waals surface area contributed by atoms with Gasteiger partial charge in [0.25, 0.3) is 0 Å². The van der Waals surface area contributed by atoms with Gasteiger partial charge >= 0.3 is 0 Å². The first-order valence-electron chi connectivity index (χ1n) is 7.24. The van der Waals surface area contributed by atoms with Crippen LogP contribution >= 0.6 is 0 Å². The Hall–Kier alpha value is -0.300. The first-order chi connectivity index (χ1) is 7.95. The van der Waals surface area contributed by atoms with E-state index in [4.69, 9.17) is 0 Å². The molecule has 1 heteroatoms. The van der Waals surface area contributed by atoms with E-state index >= 15 is 0 Å². The molecule has 0 aromatic rings. The highest BCUT2D eigenvalue weighted by Crippen LogP contribution is 2.62. The van der Waals surface area contributed by atoms with Crippen LogP contribution in [0.2, 0.25) is 0 Å². The summed E-state index contributed by atoms with van der Waals surface area (Å²) in [5.41, 5.74) is 2.13. The minimum absolute atomic E-state index is 0.311. The van der Waals surface area contributed by atoms with Gasteiger partial charge in [0.1, 0.15) is 0 Å². The van der Waals surface area contributed by atoms with E-state index in [-0.39, 0.29) is 0 Å². The van der Waals surface area contributed by atoms with E-state index in [0.717, 1.165) is 18.3 Å². The predicted octanol–water partition coefficient (Wildman–Crippen LogP) is 4.17. The lowest BCUT2D eigenvalue weighted by Crippen LogP contribution is -2.50. The van der Waals surface area contributed by atoms with Gasteiger partial charge in [-0.15, -0.1) is 0 Å². The van der Waals surface area contributed by atoms with Gasteiger partial charge in [-0.3, -0.25) is 0 Å². The summed E-state index contributed by atoms with van der Waals surface area (Å²) in [5.74, 6) is 1.46. The largest absolute Gasteiger partial charge is 0.396 e. The molecule has 0 aromatic heterocycles. The van der Waals surface area contributed by atoms with E-state index < -0.39 is 0 Å². The number of fused-ring (bicyclic) bond motifs is 1. The molecule has 0 radical (unpaired) electrons. The van der Waals surface area contributed by atoms with Crippen molar-refractivity contribution >= 4 is 0 Å². The van der Waals surface area contributed by atoms with Crippen molar-refractivity contribution in [3.8, 4) is 0 Å². The lowest BCUT2D eigenvalue weighted by molar-refractivity contribution is -0.0619. The highest BCUT2D eigenvalue weighted by molar-refractivity contribution is 5.18. The van der Waals surface area contributed by atoms with Crippen molar-refractivity contribution in [2.24, 2.45) is 22.7 Å². The Kier molecular flexibility index (Phi) is 3.42. The quantitative estimate of drug-likeness (QED) is 0.714. The molecule has 0 amide bonds. The van der Waals surface area contributed by atoms with Crippen molar-refractivity contribution in [1.29, 1.82) is 0 Å². The van der Waals surface area contributed by atoms with E-state index in [1.54, 1.807) is 0 Å². The molecule has 1 N–H and O–H groups in total. The first kappa shape index (κ1) is 13.1. The zero-order valence-corrected chi connectivity index (χ0v) is 11.8. The molecule has 0 heterocycles. The van der Waals surface area contributed by atoms with E-state index in [0.29, 0.717) is 17.4 Å². The summed E-state index contributed by atoms with van der Waals surface area (Å²) in [6, 6.07) is 0. The maximum atomic E-state index is 9.42. The summed E-state index contributed by atoms with van der Waals surface area (Å²) >= 11 is 0. The fourth-order valence-corrected chi connectivity index (χ4v) is 4.63. The number of allylic oxidation sites excluding steroid dienone is 1. The molecule has 4 atom stereocenters. The Morgan fingerprint density at radius 3 is 2.71 bits per heavy atom. The van der Waals surface area contributed by atoms with Gasteiger partial charge in [0, 0.05) is 6.61 Å². The van der Waals surface area contributed by atoms with Crippen molar-refractivity contribution in [2.75, 3.05) is 6.61 Å². The van der Waals surface area contributed by atoms with Crippen molar-refractivity contribution in [2.45, 2.75) is 59.3 Å².